The van der Waals surface area contributed by atoms with Gasteiger partial charge in [-0.2, -0.15) is 0 Å². The average molecular weight is 224 g/mol. The van der Waals surface area contributed by atoms with E-state index in [0.717, 1.165) is 32.1 Å². The summed E-state index contributed by atoms with van der Waals surface area (Å²) >= 11 is 0. The lowest BCUT2D eigenvalue weighted by molar-refractivity contribution is -0.143. The van der Waals surface area contributed by atoms with Crippen molar-refractivity contribution in [3.05, 3.63) is 24.3 Å². The first-order valence-corrected chi connectivity index (χ1v) is 6.26. The Morgan fingerprint density at radius 1 is 1.00 bits per heavy atom. The summed E-state index contributed by atoms with van der Waals surface area (Å²) in [5.41, 5.74) is 0. The standard InChI is InChI=1S/C14H24O2/c1-3-5-7-9-10-12-14(15)16-13-11-8-6-4-2/h5-8H,3-4,9-13H2,1-2H3/b7-5+,8-6+. The highest BCUT2D eigenvalue weighted by molar-refractivity contribution is 5.69. The number of ether oxygens (including phenoxy) is 1. The third kappa shape index (κ3) is 11.0. The Balaban J connectivity index is 3.31. The van der Waals surface area contributed by atoms with E-state index >= 15 is 0 Å². The van der Waals surface area contributed by atoms with E-state index in [4.69, 9.17) is 4.74 Å². The van der Waals surface area contributed by atoms with E-state index in [2.05, 4.69) is 38.2 Å². The van der Waals surface area contributed by atoms with Crippen molar-refractivity contribution < 1.29 is 9.53 Å². The van der Waals surface area contributed by atoms with E-state index in [1.165, 1.54) is 0 Å². The van der Waals surface area contributed by atoms with Gasteiger partial charge in [-0.1, -0.05) is 38.2 Å². The molecule has 0 rings (SSSR count). The number of allylic oxidation sites excluding steroid dienone is 3. The van der Waals surface area contributed by atoms with Crippen molar-refractivity contribution in [2.45, 2.75) is 52.4 Å². The lowest BCUT2D eigenvalue weighted by Crippen LogP contribution is -2.04. The monoisotopic (exact) mass is 224 g/mol. The first-order chi connectivity index (χ1) is 7.81. The number of hydrogen-bond donors (Lipinski definition) is 0. The van der Waals surface area contributed by atoms with Crippen LogP contribution in [-0.2, 0) is 9.53 Å². The van der Waals surface area contributed by atoms with Crippen LogP contribution in [0.4, 0.5) is 0 Å². The highest BCUT2D eigenvalue weighted by Gasteiger charge is 1.99. The summed E-state index contributed by atoms with van der Waals surface area (Å²) in [6.45, 7) is 4.71. The van der Waals surface area contributed by atoms with Crippen molar-refractivity contribution in [3.8, 4) is 0 Å². The molecule has 92 valence electrons. The molecule has 0 atom stereocenters. The predicted octanol–water partition coefficient (Wildman–Crippen LogP) is 4.02. The van der Waals surface area contributed by atoms with Crippen molar-refractivity contribution in [3.63, 3.8) is 0 Å². The number of rotatable bonds is 9. The van der Waals surface area contributed by atoms with Crippen molar-refractivity contribution >= 4 is 5.97 Å². The lowest BCUT2D eigenvalue weighted by Gasteiger charge is -2.01. The normalized spacial score (nSPS) is 11.4. The minimum atomic E-state index is -0.0743. The van der Waals surface area contributed by atoms with Gasteiger partial charge in [0, 0.05) is 6.42 Å². The molecule has 0 aromatic rings. The number of hydrogen-bond acceptors (Lipinski definition) is 2. The van der Waals surface area contributed by atoms with Crippen LogP contribution in [0.25, 0.3) is 0 Å². The van der Waals surface area contributed by atoms with Crippen LogP contribution < -0.4 is 0 Å². The highest BCUT2D eigenvalue weighted by atomic mass is 16.5. The summed E-state index contributed by atoms with van der Waals surface area (Å²) in [7, 11) is 0. The van der Waals surface area contributed by atoms with Gasteiger partial charge in [0.05, 0.1) is 6.61 Å². The summed E-state index contributed by atoms with van der Waals surface area (Å²) in [5, 5.41) is 0. The Morgan fingerprint density at radius 2 is 1.62 bits per heavy atom. The predicted molar refractivity (Wildman–Crippen MR) is 68.3 cm³/mol. The molecule has 0 unspecified atom stereocenters. The van der Waals surface area contributed by atoms with Crippen molar-refractivity contribution in [1.82, 2.24) is 0 Å². The fraction of sp³-hybridized carbons (Fsp3) is 0.643. The second-order valence-electron chi connectivity index (χ2n) is 3.66. The largest absolute Gasteiger partial charge is 0.465 e. The zero-order valence-corrected chi connectivity index (χ0v) is 10.6. The van der Waals surface area contributed by atoms with Gasteiger partial charge >= 0.3 is 5.97 Å². The second kappa shape index (κ2) is 12.0. The summed E-state index contributed by atoms with van der Waals surface area (Å²) in [6.07, 6.45) is 13.7. The molecule has 0 bridgehead atoms. The maximum atomic E-state index is 11.2. The molecular formula is C14H24O2. The Bertz CT molecular complexity index is 195. The number of unbranched alkanes of at least 4 members (excludes halogenated alkanes) is 1. The van der Waals surface area contributed by atoms with Crippen molar-refractivity contribution in [2.75, 3.05) is 6.61 Å². The first-order valence-electron chi connectivity index (χ1n) is 6.26. The quantitative estimate of drug-likeness (QED) is 0.336. The fourth-order valence-corrected chi connectivity index (χ4v) is 1.25. The van der Waals surface area contributed by atoms with Crippen LogP contribution >= 0.6 is 0 Å². The highest BCUT2D eigenvalue weighted by Crippen LogP contribution is 2.00. The summed E-state index contributed by atoms with van der Waals surface area (Å²) in [5.74, 6) is -0.0743. The molecule has 0 saturated heterocycles. The van der Waals surface area contributed by atoms with E-state index < -0.39 is 0 Å². The van der Waals surface area contributed by atoms with Gasteiger partial charge in [-0.05, 0) is 32.1 Å². The van der Waals surface area contributed by atoms with Crippen LogP contribution in [0.15, 0.2) is 24.3 Å². The van der Waals surface area contributed by atoms with E-state index in [1.54, 1.807) is 0 Å². The summed E-state index contributed by atoms with van der Waals surface area (Å²) < 4.78 is 5.08. The summed E-state index contributed by atoms with van der Waals surface area (Å²) in [6, 6.07) is 0. The van der Waals surface area contributed by atoms with E-state index in [9.17, 15) is 4.79 Å². The van der Waals surface area contributed by atoms with Crippen LogP contribution in [0.2, 0.25) is 0 Å². The Morgan fingerprint density at radius 3 is 2.25 bits per heavy atom. The molecule has 0 spiro atoms. The van der Waals surface area contributed by atoms with Crippen LogP contribution in [0.3, 0.4) is 0 Å². The zero-order valence-electron chi connectivity index (χ0n) is 10.6. The topological polar surface area (TPSA) is 26.3 Å². The third-order valence-corrected chi connectivity index (χ3v) is 2.10. The Kier molecular flexibility index (Phi) is 11.2. The van der Waals surface area contributed by atoms with Gasteiger partial charge in [-0.15, -0.1) is 0 Å². The van der Waals surface area contributed by atoms with Crippen LogP contribution in [0.5, 0.6) is 0 Å². The van der Waals surface area contributed by atoms with Gasteiger partial charge in [-0.3, -0.25) is 4.79 Å². The maximum Gasteiger partial charge on any atom is 0.305 e. The molecule has 2 nitrogen and oxygen atoms in total. The fourth-order valence-electron chi connectivity index (χ4n) is 1.25. The molecule has 2 heteroatoms. The zero-order chi connectivity index (χ0) is 12.1. The smallest absolute Gasteiger partial charge is 0.305 e. The molecule has 0 aliphatic rings. The van der Waals surface area contributed by atoms with Gasteiger partial charge in [0.2, 0.25) is 0 Å². The second-order valence-corrected chi connectivity index (χ2v) is 3.66. The van der Waals surface area contributed by atoms with Gasteiger partial charge in [0.15, 0.2) is 0 Å². The van der Waals surface area contributed by atoms with E-state index in [0.29, 0.717) is 13.0 Å². The molecule has 0 heterocycles. The molecule has 16 heavy (non-hydrogen) atoms. The Hall–Kier alpha value is -1.05. The third-order valence-electron chi connectivity index (χ3n) is 2.10. The summed E-state index contributed by atoms with van der Waals surface area (Å²) in [4.78, 5) is 11.2. The number of carbonyl (C=O) groups excluding carboxylic acids is 1. The first kappa shape index (κ1) is 14.9. The average Bonchev–Trinajstić information content (AvgIpc) is 2.28. The lowest BCUT2D eigenvalue weighted by atomic mass is 10.2. The molecule has 0 aromatic carbocycles. The minimum Gasteiger partial charge on any atom is -0.465 e. The van der Waals surface area contributed by atoms with Gasteiger partial charge in [0.1, 0.15) is 0 Å². The minimum absolute atomic E-state index is 0.0743. The SMILES string of the molecule is CC/C=C/CCCC(=O)OCC/C=C/CC. The van der Waals surface area contributed by atoms with E-state index in [-0.39, 0.29) is 5.97 Å². The van der Waals surface area contributed by atoms with Gasteiger partial charge < -0.3 is 4.74 Å². The number of esters is 1. The van der Waals surface area contributed by atoms with Crippen molar-refractivity contribution in [2.24, 2.45) is 0 Å². The Labute approximate surface area is 99.4 Å². The molecule has 0 radical (unpaired) electrons. The molecular weight excluding hydrogens is 200 g/mol. The molecule has 0 N–H and O–H groups in total. The molecule has 0 fully saturated rings. The molecule has 0 amide bonds. The van der Waals surface area contributed by atoms with Gasteiger partial charge in [-0.25, -0.2) is 0 Å². The van der Waals surface area contributed by atoms with Crippen LogP contribution in [0, 0.1) is 0 Å². The molecule has 0 saturated carbocycles. The maximum absolute atomic E-state index is 11.2. The number of carbonyl (C=O) groups is 1. The van der Waals surface area contributed by atoms with Crippen LogP contribution in [0.1, 0.15) is 52.4 Å². The van der Waals surface area contributed by atoms with Gasteiger partial charge in [0.25, 0.3) is 0 Å². The molecule has 0 aliphatic carbocycles. The van der Waals surface area contributed by atoms with Crippen LogP contribution in [-0.4, -0.2) is 12.6 Å². The molecule has 0 aromatic heterocycles. The molecule has 0 aliphatic heterocycles. The van der Waals surface area contributed by atoms with Crippen molar-refractivity contribution in [1.29, 1.82) is 0 Å². The van der Waals surface area contributed by atoms with E-state index in [1.807, 2.05) is 0 Å².